The van der Waals surface area contributed by atoms with Crippen molar-refractivity contribution in [3.63, 3.8) is 0 Å². The number of thioether (sulfide) groups is 1. The quantitative estimate of drug-likeness (QED) is 0.837. The van der Waals surface area contributed by atoms with Crippen LogP contribution >= 0.6 is 11.8 Å². The number of hydrogen-bond acceptors (Lipinski definition) is 3. The van der Waals surface area contributed by atoms with Crippen LogP contribution in [0.15, 0.2) is 30.3 Å². The van der Waals surface area contributed by atoms with E-state index < -0.39 is 0 Å². The van der Waals surface area contributed by atoms with Crippen molar-refractivity contribution in [2.45, 2.75) is 6.04 Å². The molecular formula is C13H20N2OS. The van der Waals surface area contributed by atoms with Gasteiger partial charge in [0, 0.05) is 6.54 Å². The van der Waals surface area contributed by atoms with Gasteiger partial charge in [0.05, 0.1) is 11.8 Å². The summed E-state index contributed by atoms with van der Waals surface area (Å²) >= 11 is 1.54. The summed E-state index contributed by atoms with van der Waals surface area (Å²) in [4.78, 5) is 13.6. The third kappa shape index (κ3) is 4.79. The molecule has 0 heterocycles. The third-order valence-electron chi connectivity index (χ3n) is 2.58. The van der Waals surface area contributed by atoms with Crippen molar-refractivity contribution < 1.29 is 4.79 Å². The first-order valence-electron chi connectivity index (χ1n) is 5.62. The number of carbonyl (C=O) groups is 1. The van der Waals surface area contributed by atoms with Crippen molar-refractivity contribution >= 4 is 17.7 Å². The molecule has 1 amide bonds. The maximum atomic E-state index is 11.5. The average molecular weight is 252 g/mol. The molecule has 0 bridgehead atoms. The minimum Gasteiger partial charge on any atom is -0.353 e. The first kappa shape index (κ1) is 14.1. The van der Waals surface area contributed by atoms with Gasteiger partial charge in [-0.15, -0.1) is 0 Å². The summed E-state index contributed by atoms with van der Waals surface area (Å²) in [6.45, 7) is 0.649. The topological polar surface area (TPSA) is 32.3 Å². The van der Waals surface area contributed by atoms with Crippen LogP contribution in [0.4, 0.5) is 0 Å². The molecule has 0 saturated carbocycles. The van der Waals surface area contributed by atoms with Gasteiger partial charge >= 0.3 is 0 Å². The molecule has 4 heteroatoms. The van der Waals surface area contributed by atoms with Crippen LogP contribution in [0.2, 0.25) is 0 Å². The molecule has 94 valence electrons. The van der Waals surface area contributed by atoms with E-state index in [1.54, 1.807) is 0 Å². The highest BCUT2D eigenvalue weighted by atomic mass is 32.2. The molecule has 0 fully saturated rings. The number of likely N-dealkylation sites (N-methyl/N-ethyl adjacent to an activating group) is 1. The zero-order valence-corrected chi connectivity index (χ0v) is 11.5. The lowest BCUT2D eigenvalue weighted by Gasteiger charge is -2.25. The second-order valence-electron chi connectivity index (χ2n) is 4.13. The second-order valence-corrected chi connectivity index (χ2v) is 4.99. The van der Waals surface area contributed by atoms with Crippen LogP contribution in [0, 0.1) is 0 Å². The highest BCUT2D eigenvalue weighted by Gasteiger charge is 2.14. The lowest BCUT2D eigenvalue weighted by atomic mass is 10.1. The zero-order chi connectivity index (χ0) is 12.7. The van der Waals surface area contributed by atoms with E-state index in [4.69, 9.17) is 0 Å². The SMILES string of the molecule is CSCC(=O)NC[C@H](c1ccccc1)N(C)C. The molecule has 0 aliphatic carbocycles. The van der Waals surface area contributed by atoms with Crippen LogP contribution in [-0.4, -0.2) is 43.5 Å². The van der Waals surface area contributed by atoms with Crippen LogP contribution in [0.3, 0.4) is 0 Å². The van der Waals surface area contributed by atoms with Crippen molar-refractivity contribution in [1.29, 1.82) is 0 Å². The van der Waals surface area contributed by atoms with Crippen molar-refractivity contribution in [2.75, 3.05) is 32.6 Å². The molecular weight excluding hydrogens is 232 g/mol. The largest absolute Gasteiger partial charge is 0.353 e. The van der Waals surface area contributed by atoms with Gasteiger partial charge in [0.15, 0.2) is 0 Å². The van der Waals surface area contributed by atoms with Crippen LogP contribution in [0.5, 0.6) is 0 Å². The Morgan fingerprint density at radius 2 is 2.00 bits per heavy atom. The molecule has 0 aromatic heterocycles. The summed E-state index contributed by atoms with van der Waals surface area (Å²) < 4.78 is 0. The van der Waals surface area contributed by atoms with E-state index in [1.807, 2.05) is 38.6 Å². The Labute approximate surface area is 108 Å². The Kier molecular flexibility index (Phi) is 6.08. The lowest BCUT2D eigenvalue weighted by Crippen LogP contribution is -2.35. The predicted molar refractivity (Wildman–Crippen MR) is 74.3 cm³/mol. The summed E-state index contributed by atoms with van der Waals surface area (Å²) in [6.07, 6.45) is 1.93. The number of nitrogens with one attached hydrogen (secondary N) is 1. The molecule has 1 aromatic carbocycles. The second kappa shape index (κ2) is 7.35. The molecule has 1 N–H and O–H groups in total. The van der Waals surface area contributed by atoms with E-state index in [0.29, 0.717) is 12.3 Å². The third-order valence-corrected chi connectivity index (χ3v) is 3.13. The van der Waals surface area contributed by atoms with Gasteiger partial charge in [0.2, 0.25) is 5.91 Å². The molecule has 0 saturated heterocycles. The molecule has 0 spiro atoms. The summed E-state index contributed by atoms with van der Waals surface area (Å²) in [7, 11) is 4.05. The molecule has 0 unspecified atom stereocenters. The predicted octanol–water partition coefficient (Wildman–Crippen LogP) is 1.77. The molecule has 0 radical (unpaired) electrons. The Bertz CT molecular complexity index is 341. The highest BCUT2D eigenvalue weighted by molar-refractivity contribution is 7.99. The number of nitrogens with zero attached hydrogens (tertiary/aromatic N) is 1. The fraction of sp³-hybridized carbons (Fsp3) is 0.462. The Hall–Kier alpha value is -1.00. The number of hydrogen-bond donors (Lipinski definition) is 1. The van der Waals surface area contributed by atoms with Crippen molar-refractivity contribution in [2.24, 2.45) is 0 Å². The van der Waals surface area contributed by atoms with Crippen molar-refractivity contribution in [1.82, 2.24) is 10.2 Å². The summed E-state index contributed by atoms with van der Waals surface area (Å²) in [5.74, 6) is 0.620. The minimum absolute atomic E-state index is 0.0975. The van der Waals surface area contributed by atoms with Gasteiger partial charge in [-0.1, -0.05) is 30.3 Å². The molecule has 3 nitrogen and oxygen atoms in total. The molecule has 0 aliphatic rings. The fourth-order valence-electron chi connectivity index (χ4n) is 1.67. The first-order valence-corrected chi connectivity index (χ1v) is 7.01. The summed E-state index contributed by atoms with van der Waals surface area (Å²) in [6, 6.07) is 10.5. The van der Waals surface area contributed by atoms with Gasteiger partial charge in [-0.05, 0) is 25.9 Å². The molecule has 17 heavy (non-hydrogen) atoms. The zero-order valence-electron chi connectivity index (χ0n) is 10.6. The number of rotatable bonds is 6. The number of carbonyl (C=O) groups excluding carboxylic acids is 1. The fourth-order valence-corrected chi connectivity index (χ4v) is 2.03. The van der Waals surface area contributed by atoms with Gasteiger partial charge in [-0.2, -0.15) is 11.8 Å². The van der Waals surface area contributed by atoms with Crippen LogP contribution in [0.1, 0.15) is 11.6 Å². The van der Waals surface area contributed by atoms with Gasteiger partial charge in [-0.25, -0.2) is 0 Å². The standard InChI is InChI=1S/C13H20N2OS/c1-15(2)12(9-14-13(16)10-17-3)11-7-5-4-6-8-11/h4-8,12H,9-10H2,1-3H3,(H,14,16)/t12-/m1/s1. The van der Waals surface area contributed by atoms with Gasteiger partial charge in [0.25, 0.3) is 0 Å². The van der Waals surface area contributed by atoms with E-state index >= 15 is 0 Å². The number of amides is 1. The Morgan fingerprint density at radius 3 is 2.53 bits per heavy atom. The van der Waals surface area contributed by atoms with Crippen LogP contribution < -0.4 is 5.32 Å². The van der Waals surface area contributed by atoms with Crippen LogP contribution in [0.25, 0.3) is 0 Å². The molecule has 1 rings (SSSR count). The highest BCUT2D eigenvalue weighted by Crippen LogP contribution is 2.16. The first-order chi connectivity index (χ1) is 8.15. The van der Waals surface area contributed by atoms with Gasteiger partial charge in [-0.3, -0.25) is 4.79 Å². The maximum absolute atomic E-state index is 11.5. The smallest absolute Gasteiger partial charge is 0.230 e. The Balaban J connectivity index is 2.59. The lowest BCUT2D eigenvalue weighted by molar-refractivity contribution is -0.118. The normalized spacial score (nSPS) is 12.5. The van der Waals surface area contributed by atoms with Crippen LogP contribution in [-0.2, 0) is 4.79 Å². The molecule has 1 atom stereocenters. The van der Waals surface area contributed by atoms with E-state index in [-0.39, 0.29) is 11.9 Å². The summed E-state index contributed by atoms with van der Waals surface area (Å²) in [5, 5.41) is 2.96. The van der Waals surface area contributed by atoms with E-state index in [9.17, 15) is 4.79 Å². The van der Waals surface area contributed by atoms with E-state index in [0.717, 1.165) is 0 Å². The van der Waals surface area contributed by atoms with Crippen molar-refractivity contribution in [3.8, 4) is 0 Å². The van der Waals surface area contributed by atoms with E-state index in [2.05, 4.69) is 22.3 Å². The number of benzene rings is 1. The maximum Gasteiger partial charge on any atom is 0.230 e. The monoisotopic (exact) mass is 252 g/mol. The van der Waals surface area contributed by atoms with E-state index in [1.165, 1.54) is 17.3 Å². The molecule has 0 aliphatic heterocycles. The van der Waals surface area contributed by atoms with Crippen molar-refractivity contribution in [3.05, 3.63) is 35.9 Å². The minimum atomic E-state index is 0.0975. The summed E-state index contributed by atoms with van der Waals surface area (Å²) in [5.41, 5.74) is 1.22. The Morgan fingerprint density at radius 1 is 1.35 bits per heavy atom. The van der Waals surface area contributed by atoms with Gasteiger partial charge < -0.3 is 10.2 Å². The average Bonchev–Trinajstić information content (AvgIpc) is 2.30. The van der Waals surface area contributed by atoms with Gasteiger partial charge in [0.1, 0.15) is 0 Å². The molecule has 1 aromatic rings.